The zero-order chi connectivity index (χ0) is 15.2. The standard InChI is InChI=1S/C17H22N2OS/c1-12(2)18-10-14-11-19-13(3)9-17(14)20-15-5-7-16(21-4)8-6-15/h5-9,11-12,18H,10H2,1-4H3. The van der Waals surface area contributed by atoms with Crippen LogP contribution < -0.4 is 10.1 Å². The van der Waals surface area contributed by atoms with Gasteiger partial charge in [0.25, 0.3) is 0 Å². The largest absolute Gasteiger partial charge is 0.457 e. The number of thioether (sulfide) groups is 1. The first-order chi connectivity index (χ1) is 10.1. The first kappa shape index (κ1) is 15.9. The molecule has 1 N–H and O–H groups in total. The van der Waals surface area contributed by atoms with Gasteiger partial charge in [0.05, 0.1) is 0 Å². The van der Waals surface area contributed by atoms with Gasteiger partial charge in [-0.1, -0.05) is 13.8 Å². The lowest BCUT2D eigenvalue weighted by Crippen LogP contribution is -2.22. The minimum atomic E-state index is 0.431. The number of rotatable bonds is 6. The molecule has 0 spiro atoms. The van der Waals surface area contributed by atoms with E-state index in [0.29, 0.717) is 6.04 Å². The fourth-order valence-electron chi connectivity index (χ4n) is 1.88. The molecule has 1 heterocycles. The molecule has 0 radical (unpaired) electrons. The first-order valence-electron chi connectivity index (χ1n) is 7.09. The van der Waals surface area contributed by atoms with Gasteiger partial charge >= 0.3 is 0 Å². The Labute approximate surface area is 131 Å². The molecule has 2 rings (SSSR count). The summed E-state index contributed by atoms with van der Waals surface area (Å²) in [5.41, 5.74) is 2.03. The van der Waals surface area contributed by atoms with Crippen molar-refractivity contribution in [3.05, 3.63) is 47.8 Å². The van der Waals surface area contributed by atoms with Crippen LogP contribution in [-0.4, -0.2) is 17.3 Å². The summed E-state index contributed by atoms with van der Waals surface area (Å²) in [6.07, 6.45) is 3.95. The zero-order valence-electron chi connectivity index (χ0n) is 13.0. The molecule has 0 bridgehead atoms. The highest BCUT2D eigenvalue weighted by atomic mass is 32.2. The Balaban J connectivity index is 2.18. The molecule has 0 aliphatic rings. The van der Waals surface area contributed by atoms with Crippen molar-refractivity contribution < 1.29 is 4.74 Å². The molecular formula is C17H22N2OS. The van der Waals surface area contributed by atoms with Gasteiger partial charge in [-0.3, -0.25) is 4.98 Å². The van der Waals surface area contributed by atoms with E-state index in [2.05, 4.69) is 42.5 Å². The summed E-state index contributed by atoms with van der Waals surface area (Å²) in [4.78, 5) is 5.59. The van der Waals surface area contributed by atoms with E-state index < -0.39 is 0 Å². The topological polar surface area (TPSA) is 34.1 Å². The highest BCUT2D eigenvalue weighted by molar-refractivity contribution is 7.98. The van der Waals surface area contributed by atoms with E-state index in [1.165, 1.54) is 4.90 Å². The molecule has 0 atom stereocenters. The summed E-state index contributed by atoms with van der Waals surface area (Å²) in [6.45, 7) is 6.99. The van der Waals surface area contributed by atoms with E-state index in [1.807, 2.05) is 31.3 Å². The lowest BCUT2D eigenvalue weighted by Gasteiger charge is -2.14. The molecule has 0 saturated carbocycles. The Morgan fingerprint density at radius 3 is 2.57 bits per heavy atom. The maximum absolute atomic E-state index is 6.03. The molecule has 21 heavy (non-hydrogen) atoms. The van der Waals surface area contributed by atoms with Gasteiger partial charge in [-0.25, -0.2) is 0 Å². The monoisotopic (exact) mass is 302 g/mol. The van der Waals surface area contributed by atoms with E-state index >= 15 is 0 Å². The van der Waals surface area contributed by atoms with Crippen LogP contribution in [0.5, 0.6) is 11.5 Å². The molecule has 3 nitrogen and oxygen atoms in total. The number of hydrogen-bond acceptors (Lipinski definition) is 4. The quantitative estimate of drug-likeness (QED) is 0.802. The first-order valence-corrected chi connectivity index (χ1v) is 8.32. The number of hydrogen-bond donors (Lipinski definition) is 1. The molecule has 0 fully saturated rings. The Bertz CT molecular complexity index is 582. The van der Waals surface area contributed by atoms with Gasteiger partial charge in [0.15, 0.2) is 0 Å². The number of benzene rings is 1. The molecule has 1 aromatic carbocycles. The van der Waals surface area contributed by atoms with Gasteiger partial charge in [0, 0.05) is 41.0 Å². The third-order valence-corrected chi connectivity index (χ3v) is 3.81. The molecule has 0 unspecified atom stereocenters. The molecule has 4 heteroatoms. The molecule has 2 aromatic rings. The normalized spacial score (nSPS) is 10.9. The summed E-state index contributed by atoms with van der Waals surface area (Å²) in [6, 6.07) is 10.6. The lowest BCUT2D eigenvalue weighted by atomic mass is 10.2. The van der Waals surface area contributed by atoms with E-state index in [1.54, 1.807) is 11.8 Å². The average molecular weight is 302 g/mol. The minimum absolute atomic E-state index is 0.431. The number of nitrogens with one attached hydrogen (secondary N) is 1. The third kappa shape index (κ3) is 4.76. The van der Waals surface area contributed by atoms with Crippen LogP contribution in [0.3, 0.4) is 0 Å². The van der Waals surface area contributed by atoms with Gasteiger partial charge in [-0.15, -0.1) is 11.8 Å². The van der Waals surface area contributed by atoms with Crippen LogP contribution in [-0.2, 0) is 6.54 Å². The van der Waals surface area contributed by atoms with Crippen LogP contribution in [0.25, 0.3) is 0 Å². The van der Waals surface area contributed by atoms with Gasteiger partial charge < -0.3 is 10.1 Å². The maximum atomic E-state index is 6.03. The van der Waals surface area contributed by atoms with Crippen molar-refractivity contribution in [2.75, 3.05) is 6.26 Å². The number of nitrogens with zero attached hydrogens (tertiary/aromatic N) is 1. The second-order valence-corrected chi connectivity index (χ2v) is 6.13. The van der Waals surface area contributed by atoms with Crippen molar-refractivity contribution in [1.29, 1.82) is 0 Å². The Kier molecular flexibility index (Phi) is 5.65. The van der Waals surface area contributed by atoms with E-state index in [0.717, 1.165) is 29.3 Å². The van der Waals surface area contributed by atoms with Crippen molar-refractivity contribution in [3.63, 3.8) is 0 Å². The fourth-order valence-corrected chi connectivity index (χ4v) is 2.28. The third-order valence-electron chi connectivity index (χ3n) is 3.07. The summed E-state index contributed by atoms with van der Waals surface area (Å²) >= 11 is 1.73. The highest BCUT2D eigenvalue weighted by Gasteiger charge is 2.07. The van der Waals surface area contributed by atoms with Gasteiger partial charge in [-0.05, 0) is 37.4 Å². The smallest absolute Gasteiger partial charge is 0.135 e. The summed E-state index contributed by atoms with van der Waals surface area (Å²) < 4.78 is 6.03. The highest BCUT2D eigenvalue weighted by Crippen LogP contribution is 2.27. The molecular weight excluding hydrogens is 280 g/mol. The summed E-state index contributed by atoms with van der Waals surface area (Å²) in [5.74, 6) is 1.72. The lowest BCUT2D eigenvalue weighted by molar-refractivity contribution is 0.467. The van der Waals surface area contributed by atoms with Crippen molar-refractivity contribution in [3.8, 4) is 11.5 Å². The van der Waals surface area contributed by atoms with E-state index in [-0.39, 0.29) is 0 Å². The van der Waals surface area contributed by atoms with Crippen LogP contribution in [0.15, 0.2) is 41.4 Å². The molecule has 0 aliphatic carbocycles. The van der Waals surface area contributed by atoms with Gasteiger partial charge in [0.2, 0.25) is 0 Å². The van der Waals surface area contributed by atoms with E-state index in [9.17, 15) is 0 Å². The van der Waals surface area contributed by atoms with Crippen molar-refractivity contribution in [2.45, 2.75) is 38.3 Å². The molecule has 1 aromatic heterocycles. The Hall–Kier alpha value is -1.52. The predicted molar refractivity (Wildman–Crippen MR) is 89.2 cm³/mol. The molecule has 0 amide bonds. The average Bonchev–Trinajstić information content (AvgIpc) is 2.47. The Morgan fingerprint density at radius 1 is 1.24 bits per heavy atom. The number of pyridine rings is 1. The zero-order valence-corrected chi connectivity index (χ0v) is 13.8. The summed E-state index contributed by atoms with van der Waals surface area (Å²) in [7, 11) is 0. The predicted octanol–water partition coefficient (Wildman–Crippen LogP) is 4.40. The fraction of sp³-hybridized carbons (Fsp3) is 0.353. The van der Waals surface area contributed by atoms with Gasteiger partial charge in [-0.2, -0.15) is 0 Å². The number of aromatic nitrogens is 1. The van der Waals surface area contributed by atoms with Crippen molar-refractivity contribution >= 4 is 11.8 Å². The minimum Gasteiger partial charge on any atom is -0.457 e. The van der Waals surface area contributed by atoms with Crippen LogP contribution in [0.4, 0.5) is 0 Å². The van der Waals surface area contributed by atoms with Crippen LogP contribution in [0.1, 0.15) is 25.1 Å². The second kappa shape index (κ2) is 7.48. The number of ether oxygens (including phenoxy) is 1. The SMILES string of the molecule is CSc1ccc(Oc2cc(C)ncc2CNC(C)C)cc1. The molecule has 0 aliphatic heterocycles. The van der Waals surface area contributed by atoms with Crippen LogP contribution in [0, 0.1) is 6.92 Å². The van der Waals surface area contributed by atoms with E-state index in [4.69, 9.17) is 4.74 Å². The number of aryl methyl sites for hydroxylation is 1. The van der Waals surface area contributed by atoms with Crippen LogP contribution in [0.2, 0.25) is 0 Å². The molecule has 0 saturated heterocycles. The molecule has 112 valence electrons. The van der Waals surface area contributed by atoms with Crippen molar-refractivity contribution in [1.82, 2.24) is 10.3 Å². The Morgan fingerprint density at radius 2 is 1.95 bits per heavy atom. The summed E-state index contributed by atoms with van der Waals surface area (Å²) in [5, 5.41) is 3.40. The second-order valence-electron chi connectivity index (χ2n) is 5.25. The van der Waals surface area contributed by atoms with Crippen molar-refractivity contribution in [2.24, 2.45) is 0 Å². The maximum Gasteiger partial charge on any atom is 0.135 e. The van der Waals surface area contributed by atoms with Crippen LogP contribution >= 0.6 is 11.8 Å². The van der Waals surface area contributed by atoms with Gasteiger partial charge in [0.1, 0.15) is 11.5 Å².